The van der Waals surface area contributed by atoms with Crippen LogP contribution in [0.25, 0.3) is 0 Å². The Morgan fingerprint density at radius 1 is 1.35 bits per heavy atom. The molecule has 1 aliphatic carbocycles. The van der Waals surface area contributed by atoms with Gasteiger partial charge in [0, 0.05) is 12.6 Å². The van der Waals surface area contributed by atoms with Gasteiger partial charge in [-0.2, -0.15) is 5.10 Å². The van der Waals surface area contributed by atoms with Crippen LogP contribution in [0.1, 0.15) is 43.0 Å². The molecule has 108 valence electrons. The summed E-state index contributed by atoms with van der Waals surface area (Å²) in [6.07, 6.45) is 4.74. The molecule has 0 saturated heterocycles. The first-order valence-electron chi connectivity index (χ1n) is 6.79. The van der Waals surface area contributed by atoms with Gasteiger partial charge in [0.05, 0.1) is 18.3 Å². The molecule has 1 N–H and O–H groups in total. The number of aliphatic hydroxyl groups excluding tert-OH is 1. The summed E-state index contributed by atoms with van der Waals surface area (Å²) < 4.78 is 3.69. The molecule has 2 heterocycles. The summed E-state index contributed by atoms with van der Waals surface area (Å²) in [7, 11) is 1.87. The lowest BCUT2D eigenvalue weighted by Crippen LogP contribution is -2.08. The predicted octanol–water partition coefficient (Wildman–Crippen LogP) is 1.47. The van der Waals surface area contributed by atoms with E-state index in [1.54, 1.807) is 4.68 Å². The highest BCUT2D eigenvalue weighted by atomic mass is 32.2. The molecular formula is C12H18N6OS. The van der Waals surface area contributed by atoms with Crippen molar-refractivity contribution < 1.29 is 5.11 Å². The van der Waals surface area contributed by atoms with E-state index in [1.165, 1.54) is 24.6 Å². The molecule has 3 rings (SSSR count). The Morgan fingerprint density at radius 2 is 2.10 bits per heavy atom. The third-order valence-electron chi connectivity index (χ3n) is 3.77. The van der Waals surface area contributed by atoms with E-state index in [0.29, 0.717) is 6.04 Å². The smallest absolute Gasteiger partial charge is 0.215 e. The minimum absolute atomic E-state index is 0.0208. The van der Waals surface area contributed by atoms with E-state index in [-0.39, 0.29) is 6.61 Å². The largest absolute Gasteiger partial charge is 0.392 e. The number of aromatic nitrogens is 6. The third-order valence-corrected chi connectivity index (χ3v) is 4.92. The fraction of sp³-hybridized carbons (Fsp3) is 0.667. The van der Waals surface area contributed by atoms with Crippen LogP contribution >= 0.6 is 11.8 Å². The van der Waals surface area contributed by atoms with Gasteiger partial charge in [-0.3, -0.25) is 4.68 Å². The average Bonchev–Trinajstić information content (AvgIpc) is 3.12. The van der Waals surface area contributed by atoms with Crippen LogP contribution in [0.15, 0.2) is 10.2 Å². The van der Waals surface area contributed by atoms with Crippen LogP contribution < -0.4 is 0 Å². The number of rotatable bonds is 4. The molecule has 0 atom stereocenters. The summed E-state index contributed by atoms with van der Waals surface area (Å²) >= 11 is 1.47. The molecule has 1 fully saturated rings. The number of aryl methyl sites for hydroxylation is 2. The first kappa shape index (κ1) is 13.6. The van der Waals surface area contributed by atoms with Crippen molar-refractivity contribution in [2.24, 2.45) is 7.05 Å². The SMILES string of the molecule is Cc1nn(C)c(Sc2nnnn2C2CCCC2)c1CO. The molecular weight excluding hydrogens is 276 g/mol. The van der Waals surface area contributed by atoms with Gasteiger partial charge in [0.15, 0.2) is 0 Å². The Bertz CT molecular complexity index is 601. The summed E-state index contributed by atoms with van der Waals surface area (Å²) in [5, 5.41) is 27.6. The Morgan fingerprint density at radius 3 is 2.80 bits per heavy atom. The molecule has 2 aromatic rings. The Labute approximate surface area is 121 Å². The topological polar surface area (TPSA) is 81.7 Å². The zero-order valence-corrected chi connectivity index (χ0v) is 12.5. The van der Waals surface area contributed by atoms with Gasteiger partial charge in [0.1, 0.15) is 5.03 Å². The lowest BCUT2D eigenvalue weighted by Gasteiger charge is -2.11. The Kier molecular flexibility index (Phi) is 3.75. The van der Waals surface area contributed by atoms with Crippen molar-refractivity contribution in [1.82, 2.24) is 30.0 Å². The molecule has 0 aromatic carbocycles. The third kappa shape index (κ3) is 2.33. The molecule has 0 bridgehead atoms. The lowest BCUT2D eigenvalue weighted by atomic mass is 10.3. The van der Waals surface area contributed by atoms with Crippen molar-refractivity contribution in [3.05, 3.63) is 11.3 Å². The van der Waals surface area contributed by atoms with E-state index in [2.05, 4.69) is 20.6 Å². The molecule has 0 radical (unpaired) electrons. The maximum Gasteiger partial charge on any atom is 0.215 e. The van der Waals surface area contributed by atoms with Gasteiger partial charge in [0.25, 0.3) is 0 Å². The Balaban J connectivity index is 1.90. The number of hydrogen-bond donors (Lipinski definition) is 1. The molecule has 1 saturated carbocycles. The van der Waals surface area contributed by atoms with Crippen molar-refractivity contribution >= 4 is 11.8 Å². The van der Waals surface area contributed by atoms with Gasteiger partial charge in [0.2, 0.25) is 5.16 Å². The van der Waals surface area contributed by atoms with E-state index in [0.717, 1.165) is 34.3 Å². The lowest BCUT2D eigenvalue weighted by molar-refractivity contribution is 0.277. The number of tetrazole rings is 1. The van der Waals surface area contributed by atoms with Gasteiger partial charge in [-0.1, -0.05) is 12.8 Å². The van der Waals surface area contributed by atoms with Gasteiger partial charge in [-0.05, 0) is 42.0 Å². The average molecular weight is 294 g/mol. The summed E-state index contributed by atoms with van der Waals surface area (Å²) in [6, 6.07) is 0.402. The summed E-state index contributed by atoms with van der Waals surface area (Å²) in [5.41, 5.74) is 1.69. The molecule has 0 amide bonds. The zero-order valence-electron chi connectivity index (χ0n) is 11.7. The molecule has 8 heteroatoms. The molecule has 0 aliphatic heterocycles. The second-order valence-electron chi connectivity index (χ2n) is 5.10. The van der Waals surface area contributed by atoms with E-state index in [9.17, 15) is 5.11 Å². The summed E-state index contributed by atoms with van der Waals surface area (Å²) in [4.78, 5) is 0. The highest BCUT2D eigenvalue weighted by molar-refractivity contribution is 7.99. The maximum atomic E-state index is 9.50. The van der Waals surface area contributed by atoms with Crippen LogP contribution in [-0.2, 0) is 13.7 Å². The fourth-order valence-electron chi connectivity index (χ4n) is 2.71. The fourth-order valence-corrected chi connectivity index (χ4v) is 3.75. The van der Waals surface area contributed by atoms with Crippen molar-refractivity contribution in [2.45, 2.75) is 55.4 Å². The standard InChI is InChI=1S/C12H18N6OS/c1-8-10(7-19)11(17(2)14-8)20-12-13-15-16-18(12)9-5-3-4-6-9/h9,19H,3-7H2,1-2H3. The molecule has 2 aromatic heterocycles. The Hall–Kier alpha value is -1.41. The van der Waals surface area contributed by atoms with E-state index < -0.39 is 0 Å². The number of hydrogen-bond acceptors (Lipinski definition) is 6. The predicted molar refractivity (Wildman–Crippen MR) is 73.3 cm³/mol. The van der Waals surface area contributed by atoms with Crippen molar-refractivity contribution in [3.63, 3.8) is 0 Å². The van der Waals surface area contributed by atoms with Crippen LogP contribution in [0.3, 0.4) is 0 Å². The van der Waals surface area contributed by atoms with Gasteiger partial charge >= 0.3 is 0 Å². The molecule has 20 heavy (non-hydrogen) atoms. The number of aliphatic hydroxyl groups is 1. The molecule has 0 spiro atoms. The minimum Gasteiger partial charge on any atom is -0.392 e. The second-order valence-corrected chi connectivity index (χ2v) is 6.05. The van der Waals surface area contributed by atoms with Crippen molar-refractivity contribution in [1.29, 1.82) is 0 Å². The zero-order chi connectivity index (χ0) is 14.1. The monoisotopic (exact) mass is 294 g/mol. The molecule has 7 nitrogen and oxygen atoms in total. The molecule has 1 aliphatic rings. The van der Waals surface area contributed by atoms with Crippen LogP contribution in [0.2, 0.25) is 0 Å². The van der Waals surface area contributed by atoms with Crippen LogP contribution in [0.5, 0.6) is 0 Å². The van der Waals surface area contributed by atoms with Crippen LogP contribution in [-0.4, -0.2) is 35.1 Å². The van der Waals surface area contributed by atoms with Crippen LogP contribution in [0.4, 0.5) is 0 Å². The number of nitrogens with zero attached hydrogens (tertiary/aromatic N) is 6. The highest BCUT2D eigenvalue weighted by Gasteiger charge is 2.24. The molecule has 0 unspecified atom stereocenters. The van der Waals surface area contributed by atoms with Gasteiger partial charge in [-0.25, -0.2) is 4.68 Å². The van der Waals surface area contributed by atoms with Gasteiger partial charge in [-0.15, -0.1) is 5.10 Å². The summed E-state index contributed by atoms with van der Waals surface area (Å²) in [5.74, 6) is 0. The van der Waals surface area contributed by atoms with Crippen molar-refractivity contribution in [3.8, 4) is 0 Å². The van der Waals surface area contributed by atoms with Crippen molar-refractivity contribution in [2.75, 3.05) is 0 Å². The second kappa shape index (κ2) is 5.53. The van der Waals surface area contributed by atoms with E-state index >= 15 is 0 Å². The van der Waals surface area contributed by atoms with E-state index in [1.807, 2.05) is 18.7 Å². The first-order chi connectivity index (χ1) is 9.70. The normalized spacial score (nSPS) is 16.1. The first-order valence-corrected chi connectivity index (χ1v) is 7.61. The van der Waals surface area contributed by atoms with Crippen LogP contribution in [0, 0.1) is 6.92 Å². The van der Waals surface area contributed by atoms with Gasteiger partial charge < -0.3 is 5.11 Å². The quantitative estimate of drug-likeness (QED) is 0.919. The maximum absolute atomic E-state index is 9.50. The minimum atomic E-state index is -0.0208. The highest BCUT2D eigenvalue weighted by Crippen LogP contribution is 2.35. The van der Waals surface area contributed by atoms with E-state index in [4.69, 9.17) is 0 Å². The summed E-state index contributed by atoms with van der Waals surface area (Å²) in [6.45, 7) is 1.88.